The topological polar surface area (TPSA) is 0 Å². The molecule has 0 fully saturated rings. The zero-order valence-corrected chi connectivity index (χ0v) is 11.5. The van der Waals surface area contributed by atoms with E-state index in [4.69, 9.17) is 23.2 Å². The van der Waals surface area contributed by atoms with Crippen LogP contribution in [0.5, 0.6) is 0 Å². The van der Waals surface area contributed by atoms with Gasteiger partial charge in [-0.25, -0.2) is 0 Å². The Balaban J connectivity index is 2.42. The van der Waals surface area contributed by atoms with Crippen LogP contribution in [0, 0.1) is 0 Å². The lowest BCUT2D eigenvalue weighted by Gasteiger charge is -2.10. The van der Waals surface area contributed by atoms with Crippen LogP contribution in [0.2, 0.25) is 5.02 Å². The highest BCUT2D eigenvalue weighted by Gasteiger charge is 2.16. The van der Waals surface area contributed by atoms with Crippen LogP contribution in [0.1, 0.15) is 15.8 Å². The molecule has 0 N–H and O–H groups in total. The van der Waals surface area contributed by atoms with Gasteiger partial charge >= 0.3 is 0 Å². The highest BCUT2D eigenvalue weighted by Crippen LogP contribution is 2.38. The molecule has 0 nitrogen and oxygen atoms in total. The second-order valence-electron chi connectivity index (χ2n) is 3.02. The predicted molar refractivity (Wildman–Crippen MR) is 71.2 cm³/mol. The minimum atomic E-state index is -0.171. The Kier molecular flexibility index (Phi) is 3.73. The van der Waals surface area contributed by atoms with Crippen LogP contribution in [0.25, 0.3) is 0 Å². The van der Waals surface area contributed by atoms with Gasteiger partial charge in [-0.2, -0.15) is 0 Å². The minimum Gasteiger partial charge on any atom is -0.147 e. The summed E-state index contributed by atoms with van der Waals surface area (Å²) in [4.78, 5) is 1.11. The Morgan fingerprint density at radius 1 is 1.20 bits per heavy atom. The largest absolute Gasteiger partial charge is 0.147 e. The van der Waals surface area contributed by atoms with E-state index in [0.717, 1.165) is 14.9 Å². The Hall–Kier alpha value is -0.0200. The molecule has 1 atom stereocenters. The fourth-order valence-electron chi connectivity index (χ4n) is 1.30. The number of halogens is 3. The highest BCUT2D eigenvalue weighted by atomic mass is 79.9. The Labute approximate surface area is 111 Å². The lowest BCUT2D eigenvalue weighted by Crippen LogP contribution is -1.91. The molecule has 0 amide bonds. The van der Waals surface area contributed by atoms with Crippen LogP contribution in [0.3, 0.4) is 0 Å². The Morgan fingerprint density at radius 3 is 2.67 bits per heavy atom. The van der Waals surface area contributed by atoms with Gasteiger partial charge in [-0.15, -0.1) is 22.9 Å². The SMILES string of the molecule is Clc1c(Br)cccc1C(Cl)c1cccs1. The summed E-state index contributed by atoms with van der Waals surface area (Å²) < 4.78 is 0.879. The van der Waals surface area contributed by atoms with E-state index in [2.05, 4.69) is 15.9 Å². The third-order valence-corrected chi connectivity index (χ3v) is 4.90. The molecule has 1 heterocycles. The molecule has 1 aromatic carbocycles. The average molecular weight is 322 g/mol. The van der Waals surface area contributed by atoms with Crippen molar-refractivity contribution in [2.24, 2.45) is 0 Å². The first-order chi connectivity index (χ1) is 7.20. The zero-order valence-electron chi connectivity index (χ0n) is 7.58. The molecule has 0 spiro atoms. The number of benzene rings is 1. The maximum Gasteiger partial charge on any atom is 0.0942 e. The molecule has 0 saturated carbocycles. The Morgan fingerprint density at radius 2 is 2.00 bits per heavy atom. The van der Waals surface area contributed by atoms with Crippen molar-refractivity contribution in [1.29, 1.82) is 0 Å². The van der Waals surface area contributed by atoms with E-state index in [1.807, 2.05) is 35.7 Å². The molecule has 0 saturated heterocycles. The van der Waals surface area contributed by atoms with Crippen LogP contribution in [0.4, 0.5) is 0 Å². The molecular weight excluding hydrogens is 315 g/mol. The molecule has 0 bridgehead atoms. The van der Waals surface area contributed by atoms with Crippen LogP contribution in [-0.4, -0.2) is 0 Å². The Bertz CT molecular complexity index is 454. The zero-order chi connectivity index (χ0) is 10.8. The molecule has 2 rings (SSSR count). The molecule has 1 aromatic heterocycles. The van der Waals surface area contributed by atoms with E-state index in [9.17, 15) is 0 Å². The first-order valence-electron chi connectivity index (χ1n) is 4.31. The van der Waals surface area contributed by atoms with Crippen molar-refractivity contribution in [2.45, 2.75) is 5.38 Å². The molecule has 2 aromatic rings. The van der Waals surface area contributed by atoms with Crippen LogP contribution >= 0.6 is 50.5 Å². The lowest BCUT2D eigenvalue weighted by atomic mass is 10.1. The molecule has 78 valence electrons. The lowest BCUT2D eigenvalue weighted by molar-refractivity contribution is 1.18. The van der Waals surface area contributed by atoms with Gasteiger partial charge in [-0.05, 0) is 39.0 Å². The summed E-state index contributed by atoms with van der Waals surface area (Å²) in [6.45, 7) is 0. The van der Waals surface area contributed by atoms with Crippen LogP contribution in [-0.2, 0) is 0 Å². The molecule has 0 aliphatic carbocycles. The van der Waals surface area contributed by atoms with E-state index < -0.39 is 0 Å². The number of alkyl halides is 1. The summed E-state index contributed by atoms with van der Waals surface area (Å²) in [5, 5.41) is 2.53. The van der Waals surface area contributed by atoms with Crippen molar-refractivity contribution >= 4 is 50.5 Å². The molecule has 0 aliphatic rings. The minimum absolute atomic E-state index is 0.171. The van der Waals surface area contributed by atoms with Gasteiger partial charge in [0.2, 0.25) is 0 Å². The summed E-state index contributed by atoms with van der Waals surface area (Å²) >= 11 is 17.6. The quantitative estimate of drug-likeness (QED) is 0.641. The summed E-state index contributed by atoms with van der Waals surface area (Å²) in [6, 6.07) is 9.80. The number of rotatable bonds is 2. The molecule has 4 heteroatoms. The highest BCUT2D eigenvalue weighted by molar-refractivity contribution is 9.10. The third kappa shape index (κ3) is 2.39. The van der Waals surface area contributed by atoms with E-state index >= 15 is 0 Å². The molecule has 15 heavy (non-hydrogen) atoms. The average Bonchev–Trinajstić information content (AvgIpc) is 2.74. The summed E-state index contributed by atoms with van der Waals surface area (Å²) in [5.74, 6) is 0. The molecular formula is C11H7BrCl2S. The molecule has 0 radical (unpaired) electrons. The maximum atomic E-state index is 6.36. The normalized spacial score (nSPS) is 12.7. The van der Waals surface area contributed by atoms with E-state index in [1.165, 1.54) is 0 Å². The van der Waals surface area contributed by atoms with E-state index in [1.54, 1.807) is 11.3 Å². The predicted octanol–water partition coefficient (Wildman–Crippen LogP) is 5.49. The van der Waals surface area contributed by atoms with Crippen molar-refractivity contribution in [3.8, 4) is 0 Å². The first kappa shape index (κ1) is 11.5. The van der Waals surface area contributed by atoms with Crippen molar-refractivity contribution in [1.82, 2.24) is 0 Å². The number of thiophene rings is 1. The summed E-state index contributed by atoms with van der Waals surface area (Å²) in [5.41, 5.74) is 0.940. The van der Waals surface area contributed by atoms with Crippen molar-refractivity contribution in [3.63, 3.8) is 0 Å². The standard InChI is InChI=1S/C11H7BrCl2S/c12-8-4-1-3-7(10(8)13)11(14)9-5-2-6-15-9/h1-6,11H. The van der Waals surface area contributed by atoms with Crippen LogP contribution < -0.4 is 0 Å². The van der Waals surface area contributed by atoms with Gasteiger partial charge < -0.3 is 0 Å². The van der Waals surface area contributed by atoms with Crippen LogP contribution in [0.15, 0.2) is 40.2 Å². The first-order valence-corrected chi connectivity index (χ1v) is 6.80. The number of hydrogen-bond donors (Lipinski definition) is 0. The summed E-state index contributed by atoms with van der Waals surface area (Å²) in [7, 11) is 0. The van der Waals surface area contributed by atoms with Gasteiger partial charge in [0.05, 0.1) is 10.4 Å². The van der Waals surface area contributed by atoms with Crippen molar-refractivity contribution < 1.29 is 0 Å². The maximum absolute atomic E-state index is 6.36. The van der Waals surface area contributed by atoms with Gasteiger partial charge in [0.15, 0.2) is 0 Å². The van der Waals surface area contributed by atoms with Gasteiger partial charge in [0.1, 0.15) is 0 Å². The van der Waals surface area contributed by atoms with E-state index in [-0.39, 0.29) is 5.38 Å². The van der Waals surface area contributed by atoms with Gasteiger partial charge in [-0.1, -0.05) is 29.8 Å². The van der Waals surface area contributed by atoms with Crippen molar-refractivity contribution in [2.75, 3.05) is 0 Å². The fraction of sp³-hybridized carbons (Fsp3) is 0.0909. The second-order valence-corrected chi connectivity index (χ2v) is 5.67. The smallest absolute Gasteiger partial charge is 0.0942 e. The van der Waals surface area contributed by atoms with E-state index in [0.29, 0.717) is 5.02 Å². The van der Waals surface area contributed by atoms with Crippen molar-refractivity contribution in [3.05, 3.63) is 55.6 Å². The summed E-state index contributed by atoms with van der Waals surface area (Å²) in [6.07, 6.45) is 0. The molecule has 0 aliphatic heterocycles. The van der Waals surface area contributed by atoms with Gasteiger partial charge in [0.25, 0.3) is 0 Å². The second kappa shape index (κ2) is 4.88. The monoisotopic (exact) mass is 320 g/mol. The third-order valence-electron chi connectivity index (χ3n) is 2.05. The van der Waals surface area contributed by atoms with Gasteiger partial charge in [-0.3, -0.25) is 0 Å². The molecule has 1 unspecified atom stereocenters. The van der Waals surface area contributed by atoms with Gasteiger partial charge in [0, 0.05) is 9.35 Å². The number of hydrogen-bond acceptors (Lipinski definition) is 1. The fourth-order valence-corrected chi connectivity index (χ4v) is 3.10.